The molecule has 0 heterocycles. The third kappa shape index (κ3) is 5.80. The van der Waals surface area contributed by atoms with Crippen LogP contribution >= 0.6 is 0 Å². The molecule has 0 aromatic heterocycles. The molecular formula is C13H19NO3. The SMILES string of the molecule is CC(C)(C)OC(=O)CCOc1cccc(N)c1. The van der Waals surface area contributed by atoms with Crippen molar-refractivity contribution in [2.75, 3.05) is 12.3 Å². The standard InChI is InChI=1S/C13H19NO3/c1-13(2,3)17-12(15)7-8-16-11-6-4-5-10(14)9-11/h4-6,9H,7-8,14H2,1-3H3. The highest BCUT2D eigenvalue weighted by molar-refractivity contribution is 5.70. The number of esters is 1. The van der Waals surface area contributed by atoms with Crippen LogP contribution in [0.4, 0.5) is 5.69 Å². The molecule has 94 valence electrons. The maximum Gasteiger partial charge on any atom is 0.309 e. The Morgan fingerprint density at radius 3 is 2.65 bits per heavy atom. The fraction of sp³-hybridized carbons (Fsp3) is 0.462. The first-order valence-electron chi connectivity index (χ1n) is 5.57. The summed E-state index contributed by atoms with van der Waals surface area (Å²) in [6, 6.07) is 7.10. The van der Waals surface area contributed by atoms with Crippen LogP contribution in [-0.4, -0.2) is 18.2 Å². The zero-order valence-corrected chi connectivity index (χ0v) is 10.5. The zero-order chi connectivity index (χ0) is 12.9. The number of rotatable bonds is 4. The van der Waals surface area contributed by atoms with Crippen molar-refractivity contribution in [3.05, 3.63) is 24.3 Å². The molecule has 0 aliphatic carbocycles. The van der Waals surface area contributed by atoms with Crippen LogP contribution in [0.2, 0.25) is 0 Å². The van der Waals surface area contributed by atoms with Crippen molar-refractivity contribution in [3.8, 4) is 5.75 Å². The van der Waals surface area contributed by atoms with Gasteiger partial charge in [0.05, 0.1) is 13.0 Å². The Morgan fingerprint density at radius 2 is 2.06 bits per heavy atom. The van der Waals surface area contributed by atoms with E-state index in [2.05, 4.69) is 0 Å². The Balaban J connectivity index is 2.31. The molecule has 4 heteroatoms. The number of hydrogen-bond donors (Lipinski definition) is 1. The molecule has 0 aliphatic rings. The van der Waals surface area contributed by atoms with E-state index in [0.717, 1.165) is 0 Å². The van der Waals surface area contributed by atoms with E-state index >= 15 is 0 Å². The molecule has 0 bridgehead atoms. The molecule has 2 N–H and O–H groups in total. The summed E-state index contributed by atoms with van der Waals surface area (Å²) in [6.07, 6.45) is 0.228. The normalized spacial score (nSPS) is 11.0. The Kier molecular flexibility index (Phi) is 4.37. The molecule has 0 fully saturated rings. The third-order valence-corrected chi connectivity index (χ3v) is 1.85. The van der Waals surface area contributed by atoms with Gasteiger partial charge in [0.2, 0.25) is 0 Å². The van der Waals surface area contributed by atoms with E-state index in [1.54, 1.807) is 24.3 Å². The summed E-state index contributed by atoms with van der Waals surface area (Å²) < 4.78 is 10.5. The number of anilines is 1. The van der Waals surface area contributed by atoms with E-state index in [4.69, 9.17) is 15.2 Å². The van der Waals surface area contributed by atoms with E-state index in [1.807, 2.05) is 20.8 Å². The van der Waals surface area contributed by atoms with Gasteiger partial charge in [0.1, 0.15) is 11.4 Å². The summed E-state index contributed by atoms with van der Waals surface area (Å²) in [4.78, 5) is 11.4. The third-order valence-electron chi connectivity index (χ3n) is 1.85. The highest BCUT2D eigenvalue weighted by Gasteiger charge is 2.15. The van der Waals surface area contributed by atoms with E-state index in [1.165, 1.54) is 0 Å². The van der Waals surface area contributed by atoms with Gasteiger partial charge in [-0.1, -0.05) is 6.07 Å². The van der Waals surface area contributed by atoms with Crippen molar-refractivity contribution in [2.24, 2.45) is 0 Å². The summed E-state index contributed by atoms with van der Waals surface area (Å²) >= 11 is 0. The van der Waals surface area contributed by atoms with Gasteiger partial charge in [-0.25, -0.2) is 0 Å². The fourth-order valence-electron chi connectivity index (χ4n) is 1.25. The lowest BCUT2D eigenvalue weighted by Gasteiger charge is -2.19. The summed E-state index contributed by atoms with van der Waals surface area (Å²) in [6.45, 7) is 5.80. The number of benzene rings is 1. The largest absolute Gasteiger partial charge is 0.493 e. The lowest BCUT2D eigenvalue weighted by Crippen LogP contribution is -2.24. The minimum atomic E-state index is -0.450. The summed E-state index contributed by atoms with van der Waals surface area (Å²) in [5.74, 6) is 0.398. The van der Waals surface area contributed by atoms with Crippen LogP contribution in [0, 0.1) is 0 Å². The van der Waals surface area contributed by atoms with Crippen molar-refractivity contribution in [3.63, 3.8) is 0 Å². The highest BCUT2D eigenvalue weighted by Crippen LogP contribution is 2.15. The van der Waals surface area contributed by atoms with Gasteiger partial charge >= 0.3 is 5.97 Å². The molecule has 0 aliphatic heterocycles. The first-order valence-corrected chi connectivity index (χ1v) is 5.57. The molecule has 0 saturated heterocycles. The summed E-state index contributed by atoms with van der Waals surface area (Å²) in [5, 5.41) is 0. The second-order valence-electron chi connectivity index (χ2n) is 4.76. The number of ether oxygens (including phenoxy) is 2. The highest BCUT2D eigenvalue weighted by atomic mass is 16.6. The number of carbonyl (C=O) groups is 1. The summed E-state index contributed by atoms with van der Waals surface area (Å²) in [5.41, 5.74) is 5.79. The smallest absolute Gasteiger partial charge is 0.309 e. The van der Waals surface area contributed by atoms with Gasteiger partial charge in [-0.2, -0.15) is 0 Å². The molecule has 0 amide bonds. The van der Waals surface area contributed by atoms with Crippen LogP contribution in [0.15, 0.2) is 24.3 Å². The minimum Gasteiger partial charge on any atom is -0.493 e. The molecule has 1 aromatic rings. The second-order valence-corrected chi connectivity index (χ2v) is 4.76. The first-order chi connectivity index (χ1) is 7.87. The quantitative estimate of drug-likeness (QED) is 0.645. The van der Waals surface area contributed by atoms with Gasteiger partial charge in [-0.3, -0.25) is 4.79 Å². The van der Waals surface area contributed by atoms with Gasteiger partial charge in [0.25, 0.3) is 0 Å². The summed E-state index contributed by atoms with van der Waals surface area (Å²) in [7, 11) is 0. The molecule has 0 spiro atoms. The van der Waals surface area contributed by atoms with Crippen molar-refractivity contribution in [2.45, 2.75) is 32.8 Å². The number of nitrogen functional groups attached to an aromatic ring is 1. The Bertz CT molecular complexity index is 382. The van der Waals surface area contributed by atoms with Crippen LogP contribution in [0.1, 0.15) is 27.2 Å². The maximum absolute atomic E-state index is 11.4. The molecule has 0 saturated carbocycles. The fourth-order valence-corrected chi connectivity index (χ4v) is 1.25. The van der Waals surface area contributed by atoms with Crippen LogP contribution < -0.4 is 10.5 Å². The van der Waals surface area contributed by atoms with Crippen LogP contribution in [0.25, 0.3) is 0 Å². The van der Waals surface area contributed by atoms with Crippen LogP contribution in [0.5, 0.6) is 5.75 Å². The molecule has 0 unspecified atom stereocenters. The van der Waals surface area contributed by atoms with Gasteiger partial charge in [-0.15, -0.1) is 0 Å². The van der Waals surface area contributed by atoms with E-state index in [9.17, 15) is 4.79 Å². The minimum absolute atomic E-state index is 0.228. The van der Waals surface area contributed by atoms with Gasteiger partial charge in [0, 0.05) is 11.8 Å². The molecular weight excluding hydrogens is 218 g/mol. The van der Waals surface area contributed by atoms with Crippen LogP contribution in [0.3, 0.4) is 0 Å². The molecule has 1 aromatic carbocycles. The Hall–Kier alpha value is -1.71. The van der Waals surface area contributed by atoms with E-state index in [0.29, 0.717) is 18.0 Å². The molecule has 0 atom stereocenters. The van der Waals surface area contributed by atoms with E-state index < -0.39 is 5.60 Å². The number of carbonyl (C=O) groups excluding carboxylic acids is 1. The lowest BCUT2D eigenvalue weighted by molar-refractivity contribution is -0.155. The Labute approximate surface area is 102 Å². The van der Waals surface area contributed by atoms with Crippen molar-refractivity contribution >= 4 is 11.7 Å². The first kappa shape index (κ1) is 13.4. The Morgan fingerprint density at radius 1 is 1.35 bits per heavy atom. The van der Waals surface area contributed by atoms with Gasteiger partial charge < -0.3 is 15.2 Å². The molecule has 4 nitrogen and oxygen atoms in total. The van der Waals surface area contributed by atoms with Gasteiger partial charge in [-0.05, 0) is 32.9 Å². The van der Waals surface area contributed by atoms with Gasteiger partial charge in [0.15, 0.2) is 0 Å². The van der Waals surface area contributed by atoms with Crippen LogP contribution in [-0.2, 0) is 9.53 Å². The topological polar surface area (TPSA) is 61.5 Å². The average Bonchev–Trinajstić information content (AvgIpc) is 2.14. The average molecular weight is 237 g/mol. The van der Waals surface area contributed by atoms with Crippen molar-refractivity contribution in [1.82, 2.24) is 0 Å². The van der Waals surface area contributed by atoms with Crippen molar-refractivity contribution in [1.29, 1.82) is 0 Å². The lowest BCUT2D eigenvalue weighted by atomic mass is 10.2. The molecule has 17 heavy (non-hydrogen) atoms. The number of hydrogen-bond acceptors (Lipinski definition) is 4. The van der Waals surface area contributed by atoms with Crippen molar-refractivity contribution < 1.29 is 14.3 Å². The van der Waals surface area contributed by atoms with E-state index in [-0.39, 0.29) is 12.4 Å². The number of nitrogens with two attached hydrogens (primary N) is 1. The molecule has 0 radical (unpaired) electrons. The molecule has 1 rings (SSSR count). The zero-order valence-electron chi connectivity index (χ0n) is 10.5. The maximum atomic E-state index is 11.4. The predicted molar refractivity (Wildman–Crippen MR) is 66.8 cm³/mol. The second kappa shape index (κ2) is 5.57. The monoisotopic (exact) mass is 237 g/mol. The predicted octanol–water partition coefficient (Wildman–Crippen LogP) is 2.38.